The van der Waals surface area contributed by atoms with Gasteiger partial charge in [0.1, 0.15) is 5.75 Å². The van der Waals surface area contributed by atoms with E-state index in [1.165, 1.54) is 11.4 Å². The van der Waals surface area contributed by atoms with Crippen molar-refractivity contribution in [2.24, 2.45) is 5.92 Å². The first-order chi connectivity index (χ1) is 7.20. The van der Waals surface area contributed by atoms with Gasteiger partial charge < -0.3 is 15.0 Å². The summed E-state index contributed by atoms with van der Waals surface area (Å²) in [4.78, 5) is 2.29. The Morgan fingerprint density at radius 3 is 3.00 bits per heavy atom. The molecule has 0 fully saturated rings. The molecule has 1 N–H and O–H groups in total. The summed E-state index contributed by atoms with van der Waals surface area (Å²) in [5.41, 5.74) is 2.42. The number of hydrogen-bond donors (Lipinski definition) is 1. The van der Waals surface area contributed by atoms with Crippen molar-refractivity contribution < 1.29 is 4.74 Å². The third-order valence-electron chi connectivity index (χ3n) is 2.84. The molecular weight excluding hydrogens is 188 g/mol. The zero-order valence-corrected chi connectivity index (χ0v) is 9.58. The van der Waals surface area contributed by atoms with E-state index >= 15 is 0 Å². The Morgan fingerprint density at radius 2 is 2.27 bits per heavy atom. The van der Waals surface area contributed by atoms with E-state index in [2.05, 4.69) is 36.3 Å². The van der Waals surface area contributed by atoms with Gasteiger partial charge in [-0.3, -0.25) is 0 Å². The molecule has 82 valence electrons. The second-order valence-corrected chi connectivity index (χ2v) is 4.25. The van der Waals surface area contributed by atoms with Crippen LogP contribution in [0.15, 0.2) is 18.2 Å². The molecule has 1 unspecified atom stereocenters. The number of benzene rings is 1. The molecule has 0 aromatic heterocycles. The van der Waals surface area contributed by atoms with E-state index in [9.17, 15) is 0 Å². The molecule has 0 saturated carbocycles. The maximum atomic E-state index is 5.22. The van der Waals surface area contributed by atoms with Crippen LogP contribution in [0, 0.1) is 5.92 Å². The molecule has 0 spiro atoms. The number of rotatable bonds is 1. The molecule has 1 aliphatic rings. The summed E-state index contributed by atoms with van der Waals surface area (Å²) in [5, 5.41) is 3.46. The SMILES string of the molecule is COc1ccc2c(c1)NCC(C)CN2C. The number of nitrogens with one attached hydrogen (secondary N) is 1. The molecule has 0 aliphatic carbocycles. The number of nitrogens with zero attached hydrogens (tertiary/aromatic N) is 1. The minimum Gasteiger partial charge on any atom is -0.497 e. The van der Waals surface area contributed by atoms with Crippen LogP contribution in [0.4, 0.5) is 11.4 Å². The third kappa shape index (κ3) is 2.01. The Balaban J connectivity index is 2.35. The van der Waals surface area contributed by atoms with E-state index in [-0.39, 0.29) is 0 Å². The Morgan fingerprint density at radius 1 is 1.47 bits per heavy atom. The molecule has 0 saturated heterocycles. The van der Waals surface area contributed by atoms with Gasteiger partial charge in [-0.1, -0.05) is 6.92 Å². The summed E-state index contributed by atoms with van der Waals surface area (Å²) < 4.78 is 5.22. The van der Waals surface area contributed by atoms with Crippen molar-refractivity contribution in [1.82, 2.24) is 0 Å². The summed E-state index contributed by atoms with van der Waals surface area (Å²) in [6.45, 7) is 4.36. The first kappa shape index (κ1) is 10.1. The van der Waals surface area contributed by atoms with E-state index in [1.54, 1.807) is 7.11 Å². The first-order valence-corrected chi connectivity index (χ1v) is 5.33. The second kappa shape index (κ2) is 4.01. The summed E-state index contributed by atoms with van der Waals surface area (Å²) in [6, 6.07) is 6.18. The Bertz CT molecular complexity index is 351. The number of fused-ring (bicyclic) bond motifs is 1. The van der Waals surface area contributed by atoms with E-state index in [4.69, 9.17) is 4.74 Å². The average Bonchev–Trinajstić information content (AvgIpc) is 2.38. The van der Waals surface area contributed by atoms with Gasteiger partial charge in [-0.25, -0.2) is 0 Å². The van der Waals surface area contributed by atoms with Crippen molar-refractivity contribution in [3.63, 3.8) is 0 Å². The highest BCUT2D eigenvalue weighted by Crippen LogP contribution is 2.31. The van der Waals surface area contributed by atoms with Crippen LogP contribution in [0.25, 0.3) is 0 Å². The van der Waals surface area contributed by atoms with Gasteiger partial charge in [-0.05, 0) is 18.1 Å². The maximum Gasteiger partial charge on any atom is 0.121 e. The van der Waals surface area contributed by atoms with Crippen molar-refractivity contribution in [1.29, 1.82) is 0 Å². The molecule has 2 rings (SSSR count). The molecule has 1 aromatic carbocycles. The molecule has 1 aliphatic heterocycles. The van der Waals surface area contributed by atoms with Gasteiger partial charge in [0.25, 0.3) is 0 Å². The predicted molar refractivity (Wildman–Crippen MR) is 63.9 cm³/mol. The minimum atomic E-state index is 0.661. The molecule has 1 atom stereocenters. The smallest absolute Gasteiger partial charge is 0.121 e. The Hall–Kier alpha value is -1.38. The molecule has 3 nitrogen and oxygen atoms in total. The lowest BCUT2D eigenvalue weighted by Crippen LogP contribution is -2.23. The van der Waals surface area contributed by atoms with E-state index < -0.39 is 0 Å². The van der Waals surface area contributed by atoms with Crippen molar-refractivity contribution in [3.05, 3.63) is 18.2 Å². The van der Waals surface area contributed by atoms with Crippen molar-refractivity contribution in [2.45, 2.75) is 6.92 Å². The molecule has 0 bridgehead atoms. The summed E-state index contributed by atoms with van der Waals surface area (Å²) in [5.74, 6) is 1.57. The van der Waals surface area contributed by atoms with Gasteiger partial charge in [-0.15, -0.1) is 0 Å². The fourth-order valence-corrected chi connectivity index (χ4v) is 2.03. The zero-order chi connectivity index (χ0) is 10.8. The quantitative estimate of drug-likeness (QED) is 0.762. The van der Waals surface area contributed by atoms with Crippen molar-refractivity contribution >= 4 is 11.4 Å². The normalized spacial score (nSPS) is 20.2. The van der Waals surface area contributed by atoms with Crippen LogP contribution < -0.4 is 15.0 Å². The molecule has 15 heavy (non-hydrogen) atoms. The van der Waals surface area contributed by atoms with E-state index in [1.807, 2.05) is 6.07 Å². The number of hydrogen-bond acceptors (Lipinski definition) is 3. The van der Waals surface area contributed by atoms with Crippen molar-refractivity contribution in [2.75, 3.05) is 37.5 Å². The monoisotopic (exact) mass is 206 g/mol. The summed E-state index contributed by atoms with van der Waals surface area (Å²) in [6.07, 6.45) is 0. The molecule has 0 amide bonds. The number of ether oxygens (including phenoxy) is 1. The largest absolute Gasteiger partial charge is 0.497 e. The van der Waals surface area contributed by atoms with Gasteiger partial charge in [0.2, 0.25) is 0 Å². The maximum absolute atomic E-state index is 5.22. The fraction of sp³-hybridized carbons (Fsp3) is 0.500. The van der Waals surface area contributed by atoms with Gasteiger partial charge in [0.05, 0.1) is 18.5 Å². The lowest BCUT2D eigenvalue weighted by atomic mass is 10.2. The Labute approximate surface area is 91.0 Å². The van der Waals surface area contributed by atoms with Gasteiger partial charge >= 0.3 is 0 Å². The molecule has 1 aromatic rings. The predicted octanol–water partition coefficient (Wildman–Crippen LogP) is 2.19. The van der Waals surface area contributed by atoms with Gasteiger partial charge in [0, 0.05) is 26.2 Å². The first-order valence-electron chi connectivity index (χ1n) is 5.33. The lowest BCUT2D eigenvalue weighted by molar-refractivity contribution is 0.415. The molecule has 1 heterocycles. The van der Waals surface area contributed by atoms with Crippen LogP contribution >= 0.6 is 0 Å². The van der Waals surface area contributed by atoms with Gasteiger partial charge in [-0.2, -0.15) is 0 Å². The number of anilines is 2. The standard InChI is InChI=1S/C12H18N2O/c1-9-7-13-11-6-10(15-3)4-5-12(11)14(2)8-9/h4-6,9,13H,7-8H2,1-3H3. The fourth-order valence-electron chi connectivity index (χ4n) is 2.03. The summed E-state index contributed by atoms with van der Waals surface area (Å²) >= 11 is 0. The molecular formula is C12H18N2O. The van der Waals surface area contributed by atoms with Crippen LogP contribution in [0.2, 0.25) is 0 Å². The van der Waals surface area contributed by atoms with Crippen molar-refractivity contribution in [3.8, 4) is 5.75 Å². The number of methoxy groups -OCH3 is 1. The van der Waals surface area contributed by atoms with Crippen LogP contribution in [0.5, 0.6) is 5.75 Å². The Kier molecular flexibility index (Phi) is 2.71. The highest BCUT2D eigenvalue weighted by atomic mass is 16.5. The summed E-state index contributed by atoms with van der Waals surface area (Å²) in [7, 11) is 3.83. The molecule has 3 heteroatoms. The average molecular weight is 206 g/mol. The minimum absolute atomic E-state index is 0.661. The van der Waals surface area contributed by atoms with Crippen LogP contribution in [-0.2, 0) is 0 Å². The zero-order valence-electron chi connectivity index (χ0n) is 9.58. The lowest BCUT2D eigenvalue weighted by Gasteiger charge is -2.20. The molecule has 0 radical (unpaired) electrons. The topological polar surface area (TPSA) is 24.5 Å². The second-order valence-electron chi connectivity index (χ2n) is 4.25. The van der Waals surface area contributed by atoms with E-state index in [0.29, 0.717) is 5.92 Å². The highest BCUT2D eigenvalue weighted by molar-refractivity contribution is 5.72. The van der Waals surface area contributed by atoms with E-state index in [0.717, 1.165) is 18.8 Å². The van der Waals surface area contributed by atoms with Gasteiger partial charge in [0.15, 0.2) is 0 Å². The van der Waals surface area contributed by atoms with Crippen LogP contribution in [0.1, 0.15) is 6.92 Å². The third-order valence-corrected chi connectivity index (χ3v) is 2.84. The van der Waals surface area contributed by atoms with Crippen LogP contribution in [0.3, 0.4) is 0 Å². The van der Waals surface area contributed by atoms with Crippen LogP contribution in [-0.4, -0.2) is 27.2 Å². The highest BCUT2D eigenvalue weighted by Gasteiger charge is 2.16.